The molecule has 0 aliphatic carbocycles. The van der Waals surface area contributed by atoms with Gasteiger partial charge in [0, 0.05) is 31.8 Å². The second-order valence-electron chi connectivity index (χ2n) is 3.87. The summed E-state index contributed by atoms with van der Waals surface area (Å²) in [5, 5.41) is 2.71. The summed E-state index contributed by atoms with van der Waals surface area (Å²) in [4.78, 5) is 24.4. The summed E-state index contributed by atoms with van der Waals surface area (Å²) >= 11 is 1.86. The van der Waals surface area contributed by atoms with E-state index in [9.17, 15) is 9.59 Å². The average Bonchev–Trinajstić information content (AvgIpc) is 2.77. The standard InChI is InChI=1S/C12H18N2O2S/c1-3-4-12(16)14(7-6-13-10(2)15)11-5-8-17-9-11/h11H,5-9H2,1-2H3,(H,13,15). The van der Waals surface area contributed by atoms with Gasteiger partial charge in [0.05, 0.1) is 0 Å². The van der Waals surface area contributed by atoms with E-state index in [-0.39, 0.29) is 17.9 Å². The Morgan fingerprint density at radius 3 is 2.82 bits per heavy atom. The van der Waals surface area contributed by atoms with Crippen molar-refractivity contribution < 1.29 is 9.59 Å². The highest BCUT2D eigenvalue weighted by Gasteiger charge is 2.25. The molecule has 94 valence electrons. The van der Waals surface area contributed by atoms with Gasteiger partial charge >= 0.3 is 0 Å². The first-order valence-corrected chi connectivity index (χ1v) is 6.86. The number of nitrogens with one attached hydrogen (secondary N) is 1. The molecule has 1 aliphatic heterocycles. The van der Waals surface area contributed by atoms with Crippen LogP contribution in [-0.2, 0) is 9.59 Å². The van der Waals surface area contributed by atoms with E-state index in [2.05, 4.69) is 17.2 Å². The van der Waals surface area contributed by atoms with Gasteiger partial charge in [0.1, 0.15) is 0 Å². The summed E-state index contributed by atoms with van der Waals surface area (Å²) in [5.74, 6) is 7.07. The molecule has 1 aliphatic rings. The Hall–Kier alpha value is -1.15. The zero-order valence-electron chi connectivity index (χ0n) is 10.3. The van der Waals surface area contributed by atoms with Crippen LogP contribution < -0.4 is 5.32 Å². The molecular formula is C12H18N2O2S. The monoisotopic (exact) mass is 254 g/mol. The number of nitrogens with zero attached hydrogens (tertiary/aromatic N) is 1. The normalized spacial score (nSPS) is 18.1. The summed E-state index contributed by atoms with van der Waals surface area (Å²) < 4.78 is 0. The van der Waals surface area contributed by atoms with Crippen LogP contribution in [0.5, 0.6) is 0 Å². The molecule has 0 aromatic carbocycles. The fourth-order valence-electron chi connectivity index (χ4n) is 1.75. The van der Waals surface area contributed by atoms with Gasteiger partial charge in [-0.05, 0) is 25.0 Å². The SMILES string of the molecule is CC#CC(=O)N(CCNC(C)=O)C1CCSC1. The molecule has 0 spiro atoms. The highest BCUT2D eigenvalue weighted by molar-refractivity contribution is 7.99. The number of hydrogen-bond acceptors (Lipinski definition) is 3. The van der Waals surface area contributed by atoms with Crippen molar-refractivity contribution in [3.05, 3.63) is 0 Å². The number of amides is 2. The molecule has 5 heteroatoms. The van der Waals surface area contributed by atoms with Crippen LogP contribution in [0, 0.1) is 11.8 Å². The number of carbonyl (C=O) groups excluding carboxylic acids is 2. The van der Waals surface area contributed by atoms with Gasteiger partial charge in [0.2, 0.25) is 5.91 Å². The van der Waals surface area contributed by atoms with Gasteiger partial charge in [-0.25, -0.2) is 0 Å². The zero-order chi connectivity index (χ0) is 12.7. The van der Waals surface area contributed by atoms with E-state index in [1.807, 2.05) is 11.8 Å². The van der Waals surface area contributed by atoms with E-state index < -0.39 is 0 Å². The third-order valence-corrected chi connectivity index (χ3v) is 3.71. The van der Waals surface area contributed by atoms with Crippen LogP contribution in [0.25, 0.3) is 0 Å². The molecule has 1 rings (SSSR count). The van der Waals surface area contributed by atoms with E-state index in [1.165, 1.54) is 6.92 Å². The van der Waals surface area contributed by atoms with Crippen molar-refractivity contribution in [1.82, 2.24) is 10.2 Å². The van der Waals surface area contributed by atoms with Crippen LogP contribution in [-0.4, -0.2) is 47.4 Å². The maximum atomic E-state index is 11.8. The molecule has 0 bridgehead atoms. The molecule has 17 heavy (non-hydrogen) atoms. The highest BCUT2D eigenvalue weighted by Crippen LogP contribution is 2.22. The third-order valence-electron chi connectivity index (χ3n) is 2.57. The Kier molecular flexibility index (Phi) is 5.92. The lowest BCUT2D eigenvalue weighted by Crippen LogP contribution is -2.44. The smallest absolute Gasteiger partial charge is 0.298 e. The van der Waals surface area contributed by atoms with Crippen molar-refractivity contribution in [2.24, 2.45) is 0 Å². The molecule has 1 fully saturated rings. The Bertz CT molecular complexity index is 340. The quantitative estimate of drug-likeness (QED) is 0.742. The lowest BCUT2D eigenvalue weighted by atomic mass is 10.2. The van der Waals surface area contributed by atoms with E-state index >= 15 is 0 Å². The van der Waals surface area contributed by atoms with Gasteiger partial charge in [0.25, 0.3) is 5.91 Å². The van der Waals surface area contributed by atoms with Crippen LogP contribution in [0.15, 0.2) is 0 Å². The lowest BCUT2D eigenvalue weighted by Gasteiger charge is -2.26. The van der Waals surface area contributed by atoms with Crippen molar-refractivity contribution in [1.29, 1.82) is 0 Å². The predicted molar refractivity (Wildman–Crippen MR) is 69.6 cm³/mol. The first kappa shape index (κ1) is 13.9. The molecule has 1 N–H and O–H groups in total. The first-order valence-electron chi connectivity index (χ1n) is 5.70. The Balaban J connectivity index is 2.54. The summed E-state index contributed by atoms with van der Waals surface area (Å²) in [6.45, 7) is 4.17. The van der Waals surface area contributed by atoms with Gasteiger partial charge in [-0.15, -0.1) is 0 Å². The van der Waals surface area contributed by atoms with Crippen LogP contribution >= 0.6 is 11.8 Å². The molecule has 0 aromatic heterocycles. The molecule has 1 atom stereocenters. The Morgan fingerprint density at radius 2 is 2.29 bits per heavy atom. The molecule has 1 unspecified atom stereocenters. The maximum Gasteiger partial charge on any atom is 0.298 e. The Labute approximate surface area is 107 Å². The average molecular weight is 254 g/mol. The van der Waals surface area contributed by atoms with Crippen LogP contribution in [0.4, 0.5) is 0 Å². The van der Waals surface area contributed by atoms with Gasteiger partial charge in [-0.2, -0.15) is 11.8 Å². The predicted octanol–water partition coefficient (Wildman–Crippen LogP) is 0.480. The molecule has 1 heterocycles. The molecular weight excluding hydrogens is 236 g/mol. The van der Waals surface area contributed by atoms with Crippen molar-refractivity contribution in [3.63, 3.8) is 0 Å². The van der Waals surface area contributed by atoms with E-state index in [0.717, 1.165) is 17.9 Å². The minimum absolute atomic E-state index is 0.0697. The van der Waals surface area contributed by atoms with E-state index in [1.54, 1.807) is 11.8 Å². The van der Waals surface area contributed by atoms with Crippen LogP contribution in [0.1, 0.15) is 20.3 Å². The minimum Gasteiger partial charge on any atom is -0.355 e. The number of carbonyl (C=O) groups is 2. The topological polar surface area (TPSA) is 49.4 Å². The molecule has 1 saturated heterocycles. The number of hydrogen-bond donors (Lipinski definition) is 1. The summed E-state index contributed by atoms with van der Waals surface area (Å²) in [5.41, 5.74) is 0. The van der Waals surface area contributed by atoms with E-state index in [0.29, 0.717) is 13.1 Å². The van der Waals surface area contributed by atoms with Gasteiger partial charge in [-0.3, -0.25) is 9.59 Å². The van der Waals surface area contributed by atoms with Gasteiger partial charge < -0.3 is 10.2 Å². The number of thioether (sulfide) groups is 1. The highest BCUT2D eigenvalue weighted by atomic mass is 32.2. The van der Waals surface area contributed by atoms with E-state index in [4.69, 9.17) is 0 Å². The van der Waals surface area contributed by atoms with Crippen molar-refractivity contribution in [3.8, 4) is 11.8 Å². The maximum absolute atomic E-state index is 11.8. The van der Waals surface area contributed by atoms with Crippen LogP contribution in [0.3, 0.4) is 0 Å². The molecule has 0 radical (unpaired) electrons. The van der Waals surface area contributed by atoms with Crippen molar-refractivity contribution in [2.75, 3.05) is 24.6 Å². The fraction of sp³-hybridized carbons (Fsp3) is 0.667. The summed E-state index contributed by atoms with van der Waals surface area (Å²) in [7, 11) is 0. The molecule has 0 aromatic rings. The van der Waals surface area contributed by atoms with Crippen LogP contribution in [0.2, 0.25) is 0 Å². The zero-order valence-corrected chi connectivity index (χ0v) is 11.1. The van der Waals surface area contributed by atoms with Crippen molar-refractivity contribution in [2.45, 2.75) is 26.3 Å². The van der Waals surface area contributed by atoms with Gasteiger partial charge in [-0.1, -0.05) is 5.92 Å². The summed E-state index contributed by atoms with van der Waals surface area (Å²) in [6, 6.07) is 0.266. The molecule has 4 nitrogen and oxygen atoms in total. The van der Waals surface area contributed by atoms with Gasteiger partial charge in [0.15, 0.2) is 0 Å². The minimum atomic E-state index is -0.134. The third kappa shape index (κ3) is 4.70. The summed E-state index contributed by atoms with van der Waals surface area (Å²) in [6.07, 6.45) is 1.02. The van der Waals surface area contributed by atoms with Crippen molar-refractivity contribution >= 4 is 23.6 Å². The molecule has 0 saturated carbocycles. The number of rotatable bonds is 4. The first-order chi connectivity index (χ1) is 8.15. The second-order valence-corrected chi connectivity index (χ2v) is 5.02. The fourth-order valence-corrected chi connectivity index (χ4v) is 2.97. The largest absolute Gasteiger partial charge is 0.355 e. The second kappa shape index (κ2) is 7.23. The lowest BCUT2D eigenvalue weighted by molar-refractivity contribution is -0.127. The molecule has 2 amide bonds. The Morgan fingerprint density at radius 1 is 1.53 bits per heavy atom.